The zero-order valence-corrected chi connectivity index (χ0v) is 15.8. The fraction of sp³-hybridized carbons (Fsp3) is 0.333. The van der Waals surface area contributed by atoms with Crippen molar-refractivity contribution in [1.29, 1.82) is 0 Å². The maximum Gasteiger partial charge on any atom is 0.273 e. The number of nitrogens with zero attached hydrogens (tertiary/aromatic N) is 5. The summed E-state index contributed by atoms with van der Waals surface area (Å²) in [6, 6.07) is 7.54. The van der Waals surface area contributed by atoms with Crippen molar-refractivity contribution >= 4 is 17.7 Å². The van der Waals surface area contributed by atoms with Gasteiger partial charge in [-0.25, -0.2) is 9.67 Å². The lowest BCUT2D eigenvalue weighted by atomic mass is 10.2. The quantitative estimate of drug-likeness (QED) is 0.693. The molecule has 0 bridgehead atoms. The Labute approximate surface area is 165 Å². The smallest absolute Gasteiger partial charge is 0.273 e. The van der Waals surface area contributed by atoms with Crippen molar-refractivity contribution in [3.63, 3.8) is 0 Å². The van der Waals surface area contributed by atoms with Gasteiger partial charge in [0, 0.05) is 18.5 Å². The van der Waals surface area contributed by atoms with Gasteiger partial charge in [0.1, 0.15) is 6.61 Å². The Balaban J connectivity index is 1.17. The van der Waals surface area contributed by atoms with Crippen LogP contribution >= 0.6 is 11.8 Å². The molecule has 1 atom stereocenters. The van der Waals surface area contributed by atoms with E-state index in [4.69, 9.17) is 9.47 Å². The van der Waals surface area contributed by atoms with E-state index < -0.39 is 0 Å². The number of rotatable bonds is 5. The van der Waals surface area contributed by atoms with Crippen molar-refractivity contribution in [3.05, 3.63) is 48.0 Å². The number of thioether (sulfide) groups is 1. The lowest BCUT2D eigenvalue weighted by molar-refractivity contribution is 0.0754. The van der Waals surface area contributed by atoms with Gasteiger partial charge in [0.25, 0.3) is 5.91 Å². The van der Waals surface area contributed by atoms with Crippen LogP contribution in [0, 0.1) is 0 Å². The molecular formula is C18H18N6O3S. The highest BCUT2D eigenvalue weighted by atomic mass is 32.2. The van der Waals surface area contributed by atoms with Gasteiger partial charge in [0.05, 0.1) is 25.0 Å². The van der Waals surface area contributed by atoms with Crippen LogP contribution in [0.3, 0.4) is 0 Å². The first-order valence-corrected chi connectivity index (χ1v) is 9.99. The van der Waals surface area contributed by atoms with E-state index in [2.05, 4.69) is 25.2 Å². The van der Waals surface area contributed by atoms with E-state index >= 15 is 0 Å². The molecule has 0 aliphatic carbocycles. The van der Waals surface area contributed by atoms with Crippen LogP contribution in [0.5, 0.6) is 11.5 Å². The standard InChI is InChI=1S/C18H18N6O3S/c25-17(19-7-12-8-23-5-6-28-18(23)20-12)14-10-24(22-21-14)9-13-11-26-15-3-1-2-4-16(15)27-13/h1-4,8,10,13H,5-7,9,11H2,(H,19,25). The molecule has 1 N–H and O–H groups in total. The van der Waals surface area contributed by atoms with Crippen LogP contribution in [0.2, 0.25) is 0 Å². The summed E-state index contributed by atoms with van der Waals surface area (Å²) in [6.45, 7) is 2.19. The highest BCUT2D eigenvalue weighted by Crippen LogP contribution is 2.31. The molecule has 144 valence electrons. The van der Waals surface area contributed by atoms with Gasteiger partial charge in [-0.2, -0.15) is 0 Å². The molecule has 2 aliphatic heterocycles. The summed E-state index contributed by atoms with van der Waals surface area (Å²) >= 11 is 1.73. The summed E-state index contributed by atoms with van der Waals surface area (Å²) < 4.78 is 15.3. The average Bonchev–Trinajstić information content (AvgIpc) is 3.42. The fourth-order valence-electron chi connectivity index (χ4n) is 3.16. The number of carbonyl (C=O) groups is 1. The van der Waals surface area contributed by atoms with Crippen molar-refractivity contribution in [3.8, 4) is 11.5 Å². The molecule has 0 spiro atoms. The number of amides is 1. The first-order valence-electron chi connectivity index (χ1n) is 9.00. The number of hydrogen-bond donors (Lipinski definition) is 1. The largest absolute Gasteiger partial charge is 0.486 e. The number of aryl methyl sites for hydroxylation is 1. The van der Waals surface area contributed by atoms with Crippen molar-refractivity contribution in [1.82, 2.24) is 29.9 Å². The zero-order chi connectivity index (χ0) is 18.9. The van der Waals surface area contributed by atoms with Crippen LogP contribution in [-0.2, 0) is 19.6 Å². The first kappa shape index (κ1) is 17.1. The van der Waals surface area contributed by atoms with E-state index in [1.165, 1.54) is 0 Å². The van der Waals surface area contributed by atoms with E-state index in [0.717, 1.165) is 28.9 Å². The molecule has 0 saturated carbocycles. The van der Waals surface area contributed by atoms with Gasteiger partial charge < -0.3 is 19.4 Å². The molecule has 1 unspecified atom stereocenters. The van der Waals surface area contributed by atoms with Crippen molar-refractivity contribution < 1.29 is 14.3 Å². The van der Waals surface area contributed by atoms with Crippen LogP contribution in [0.25, 0.3) is 0 Å². The van der Waals surface area contributed by atoms with Crippen molar-refractivity contribution in [2.75, 3.05) is 12.4 Å². The molecule has 0 fully saturated rings. The highest BCUT2D eigenvalue weighted by Gasteiger charge is 2.22. The van der Waals surface area contributed by atoms with Gasteiger partial charge >= 0.3 is 0 Å². The van der Waals surface area contributed by atoms with Crippen LogP contribution in [0.15, 0.2) is 41.8 Å². The Bertz CT molecular complexity index is 995. The number of fused-ring (bicyclic) bond motifs is 2. The molecule has 4 heterocycles. The van der Waals surface area contributed by atoms with Gasteiger partial charge in [-0.15, -0.1) is 5.10 Å². The molecule has 0 radical (unpaired) electrons. The summed E-state index contributed by atoms with van der Waals surface area (Å²) in [5.74, 6) is 2.22. The average molecular weight is 398 g/mol. The molecule has 5 rings (SSSR count). The Morgan fingerprint density at radius 3 is 3.07 bits per heavy atom. The van der Waals surface area contributed by atoms with Crippen molar-refractivity contribution in [2.45, 2.75) is 30.9 Å². The summed E-state index contributed by atoms with van der Waals surface area (Å²) in [6.07, 6.45) is 3.39. The van der Waals surface area contributed by atoms with Crippen LogP contribution in [0.4, 0.5) is 0 Å². The second-order valence-electron chi connectivity index (χ2n) is 6.56. The highest BCUT2D eigenvalue weighted by molar-refractivity contribution is 7.99. The molecule has 1 amide bonds. The summed E-state index contributed by atoms with van der Waals surface area (Å²) in [5, 5.41) is 11.8. The topological polar surface area (TPSA) is 96.1 Å². The number of hydrogen-bond acceptors (Lipinski definition) is 7. The third-order valence-electron chi connectivity index (χ3n) is 4.51. The summed E-state index contributed by atoms with van der Waals surface area (Å²) in [4.78, 5) is 16.8. The maximum absolute atomic E-state index is 12.3. The number of para-hydroxylation sites is 2. The van der Waals surface area contributed by atoms with Crippen LogP contribution in [-0.4, -0.2) is 48.9 Å². The second-order valence-corrected chi connectivity index (χ2v) is 7.62. The molecule has 28 heavy (non-hydrogen) atoms. The molecule has 3 aromatic rings. The van der Waals surface area contributed by atoms with Gasteiger partial charge in [0.15, 0.2) is 28.5 Å². The molecule has 2 aromatic heterocycles. The number of ether oxygens (including phenoxy) is 2. The minimum atomic E-state index is -0.279. The number of nitrogens with one attached hydrogen (secondary N) is 1. The van der Waals surface area contributed by atoms with Crippen LogP contribution in [0.1, 0.15) is 16.2 Å². The third-order valence-corrected chi connectivity index (χ3v) is 5.48. The van der Waals surface area contributed by atoms with Crippen LogP contribution < -0.4 is 14.8 Å². The third kappa shape index (κ3) is 3.42. The van der Waals surface area contributed by atoms with Gasteiger partial charge in [-0.1, -0.05) is 29.1 Å². The van der Waals surface area contributed by atoms with Gasteiger partial charge in [-0.05, 0) is 12.1 Å². The lowest BCUT2D eigenvalue weighted by Crippen LogP contribution is -2.33. The normalized spacial score (nSPS) is 17.4. The molecule has 1 aromatic carbocycles. The fourth-order valence-corrected chi connectivity index (χ4v) is 4.12. The Hall–Kier alpha value is -3.01. The van der Waals surface area contributed by atoms with Gasteiger partial charge in [0.2, 0.25) is 0 Å². The van der Waals surface area contributed by atoms with E-state index in [-0.39, 0.29) is 17.7 Å². The van der Waals surface area contributed by atoms with E-state index in [0.29, 0.717) is 25.4 Å². The number of carbonyl (C=O) groups excluding carboxylic acids is 1. The number of aromatic nitrogens is 5. The summed E-state index contributed by atoms with van der Waals surface area (Å²) in [5.41, 5.74) is 1.10. The Morgan fingerprint density at radius 1 is 1.29 bits per heavy atom. The lowest BCUT2D eigenvalue weighted by Gasteiger charge is -2.26. The predicted octanol–water partition coefficient (Wildman–Crippen LogP) is 1.35. The molecule has 10 heteroatoms. The molecule has 0 saturated heterocycles. The monoisotopic (exact) mass is 398 g/mol. The molecular weight excluding hydrogens is 380 g/mol. The number of imidazole rings is 1. The summed E-state index contributed by atoms with van der Waals surface area (Å²) in [7, 11) is 0. The second kappa shape index (κ2) is 7.19. The van der Waals surface area contributed by atoms with E-state index in [1.807, 2.05) is 30.5 Å². The van der Waals surface area contributed by atoms with Gasteiger partial charge in [-0.3, -0.25) is 4.79 Å². The molecule has 2 aliphatic rings. The minimum absolute atomic E-state index is 0.196. The maximum atomic E-state index is 12.3. The van der Waals surface area contributed by atoms with E-state index in [1.54, 1.807) is 22.6 Å². The van der Waals surface area contributed by atoms with Crippen molar-refractivity contribution in [2.24, 2.45) is 0 Å². The van der Waals surface area contributed by atoms with E-state index in [9.17, 15) is 4.79 Å². The molecule has 9 nitrogen and oxygen atoms in total. The SMILES string of the molecule is O=C(NCc1cn2c(n1)SCC2)c1cn(CC2COc3ccccc3O2)nn1. The zero-order valence-electron chi connectivity index (χ0n) is 14.9. The first-order chi connectivity index (χ1) is 13.7. The number of benzene rings is 1. The minimum Gasteiger partial charge on any atom is -0.486 e. The Kier molecular flexibility index (Phi) is 4.40. The Morgan fingerprint density at radius 2 is 2.18 bits per heavy atom. The predicted molar refractivity (Wildman–Crippen MR) is 100 cm³/mol.